The van der Waals surface area contributed by atoms with Crippen molar-refractivity contribution in [3.05, 3.63) is 29.3 Å². The number of carbonyl (C=O) groups excluding carboxylic acids is 2. The van der Waals surface area contributed by atoms with Crippen molar-refractivity contribution in [1.29, 1.82) is 0 Å². The summed E-state index contributed by atoms with van der Waals surface area (Å²) in [5.41, 5.74) is 1.08. The summed E-state index contributed by atoms with van der Waals surface area (Å²) < 4.78 is 6.15. The lowest BCUT2D eigenvalue weighted by atomic mass is 10.1. The molecule has 0 spiro atoms. The van der Waals surface area contributed by atoms with Crippen LogP contribution in [0.1, 0.15) is 196 Å². The Labute approximate surface area is 266 Å². The third-order valence-electron chi connectivity index (χ3n) is 8.38. The number of rotatable bonds is 30. The van der Waals surface area contributed by atoms with Crippen LogP contribution < -0.4 is 15.4 Å². The van der Waals surface area contributed by atoms with Gasteiger partial charge in [-0.1, -0.05) is 156 Å². The van der Waals surface area contributed by atoms with Gasteiger partial charge >= 0.3 is 0 Å². The predicted molar refractivity (Wildman–Crippen MR) is 184 cm³/mol. The van der Waals surface area contributed by atoms with Crippen LogP contribution >= 0.6 is 0 Å². The van der Waals surface area contributed by atoms with E-state index in [0.717, 1.165) is 38.5 Å². The minimum absolute atomic E-state index is 0.0946. The van der Waals surface area contributed by atoms with E-state index in [1.807, 2.05) is 0 Å². The van der Waals surface area contributed by atoms with Crippen molar-refractivity contribution in [2.45, 2.75) is 175 Å². The summed E-state index contributed by atoms with van der Waals surface area (Å²) in [7, 11) is 0. The van der Waals surface area contributed by atoms with E-state index >= 15 is 0 Å². The summed E-state index contributed by atoms with van der Waals surface area (Å²) in [6, 6.07) is 5.28. The van der Waals surface area contributed by atoms with Gasteiger partial charge in [0.25, 0.3) is 11.8 Å². The van der Waals surface area contributed by atoms with Gasteiger partial charge in [-0.2, -0.15) is 0 Å². The molecule has 0 radical (unpaired) electrons. The zero-order valence-corrected chi connectivity index (χ0v) is 28.5. The first kappa shape index (κ1) is 39.0. The van der Waals surface area contributed by atoms with Crippen LogP contribution in [0.5, 0.6) is 5.75 Å². The maximum absolute atomic E-state index is 13.0. The first-order chi connectivity index (χ1) is 21.1. The normalized spacial score (nSPS) is 11.0. The van der Waals surface area contributed by atoms with Crippen molar-refractivity contribution in [3.63, 3.8) is 0 Å². The Morgan fingerprint density at radius 3 is 1.37 bits per heavy atom. The van der Waals surface area contributed by atoms with E-state index in [0.29, 0.717) is 36.6 Å². The monoisotopic (exact) mass is 601 g/mol. The van der Waals surface area contributed by atoms with Crippen molar-refractivity contribution in [3.8, 4) is 5.75 Å². The van der Waals surface area contributed by atoms with Gasteiger partial charge in [0.1, 0.15) is 5.75 Å². The predicted octanol–water partition coefficient (Wildman–Crippen LogP) is 10.9. The van der Waals surface area contributed by atoms with Crippen molar-refractivity contribution >= 4 is 11.8 Å². The molecule has 5 heteroatoms. The van der Waals surface area contributed by atoms with E-state index in [-0.39, 0.29) is 11.8 Å². The molecule has 43 heavy (non-hydrogen) atoms. The van der Waals surface area contributed by atoms with Gasteiger partial charge in [0.15, 0.2) is 0 Å². The minimum Gasteiger partial charge on any atom is -0.493 e. The highest BCUT2D eigenvalue weighted by Crippen LogP contribution is 2.22. The Kier molecular flexibility index (Phi) is 26.0. The van der Waals surface area contributed by atoms with Crippen molar-refractivity contribution in [2.24, 2.45) is 0 Å². The Bertz CT molecular complexity index is 810. The molecular formula is C38H68N2O3. The van der Waals surface area contributed by atoms with Crippen LogP contribution in [-0.2, 0) is 0 Å². The van der Waals surface area contributed by atoms with Gasteiger partial charge in [-0.25, -0.2) is 0 Å². The lowest BCUT2D eigenvalue weighted by Gasteiger charge is -2.14. The van der Waals surface area contributed by atoms with E-state index < -0.39 is 0 Å². The number of benzene rings is 1. The molecule has 2 amide bonds. The van der Waals surface area contributed by atoms with E-state index in [2.05, 4.69) is 31.4 Å². The Hall–Kier alpha value is -2.04. The van der Waals surface area contributed by atoms with Crippen LogP contribution in [0.3, 0.4) is 0 Å². The van der Waals surface area contributed by atoms with Crippen LogP contribution in [0, 0.1) is 0 Å². The number of ether oxygens (including phenoxy) is 1. The molecule has 1 aromatic carbocycles. The zero-order chi connectivity index (χ0) is 31.2. The standard InChI is InChI=1S/C38H68N2O3/c1-4-7-10-13-16-17-18-19-20-21-24-27-32-43-36-33-34(37(41)39-30-25-22-14-11-8-5-2)28-29-35(36)38(42)40-31-26-23-15-12-9-6-3/h28-29,33H,4-27,30-32H2,1-3H3,(H,39,41)(H,40,42). The lowest BCUT2D eigenvalue weighted by molar-refractivity contribution is 0.0937. The van der Waals surface area contributed by atoms with Gasteiger partial charge in [-0.3, -0.25) is 9.59 Å². The molecule has 1 aromatic rings. The van der Waals surface area contributed by atoms with Gasteiger partial charge in [-0.05, 0) is 37.5 Å². The Morgan fingerprint density at radius 1 is 0.512 bits per heavy atom. The Morgan fingerprint density at radius 2 is 0.907 bits per heavy atom. The van der Waals surface area contributed by atoms with Gasteiger partial charge in [-0.15, -0.1) is 0 Å². The second-order valence-corrected chi connectivity index (χ2v) is 12.5. The van der Waals surface area contributed by atoms with Crippen molar-refractivity contribution in [2.75, 3.05) is 19.7 Å². The molecule has 0 saturated heterocycles. The molecule has 0 aliphatic rings. The fourth-order valence-corrected chi connectivity index (χ4v) is 5.51. The first-order valence-corrected chi connectivity index (χ1v) is 18.5. The van der Waals surface area contributed by atoms with Crippen molar-refractivity contribution in [1.82, 2.24) is 10.6 Å². The number of unbranched alkanes of at least 4 members (excludes halogenated alkanes) is 21. The van der Waals surface area contributed by atoms with Crippen LogP contribution in [0.25, 0.3) is 0 Å². The number of nitrogens with one attached hydrogen (secondary N) is 2. The molecule has 0 bridgehead atoms. The zero-order valence-electron chi connectivity index (χ0n) is 28.5. The van der Waals surface area contributed by atoms with Crippen LogP contribution in [-0.4, -0.2) is 31.5 Å². The molecule has 2 N–H and O–H groups in total. The summed E-state index contributed by atoms with van der Waals surface area (Å²) in [5, 5.41) is 6.12. The summed E-state index contributed by atoms with van der Waals surface area (Å²) in [5.74, 6) is 0.316. The molecule has 1 rings (SSSR count). The van der Waals surface area contributed by atoms with Gasteiger partial charge < -0.3 is 15.4 Å². The molecule has 0 aliphatic carbocycles. The summed E-state index contributed by atoms with van der Waals surface area (Å²) in [4.78, 5) is 25.9. The second-order valence-electron chi connectivity index (χ2n) is 12.5. The average Bonchev–Trinajstić information content (AvgIpc) is 3.02. The van der Waals surface area contributed by atoms with Gasteiger partial charge in [0.2, 0.25) is 0 Å². The topological polar surface area (TPSA) is 67.4 Å². The molecule has 248 valence electrons. The number of carbonyl (C=O) groups is 2. The molecule has 0 fully saturated rings. The smallest absolute Gasteiger partial charge is 0.255 e. The Balaban J connectivity index is 2.51. The molecule has 0 saturated carbocycles. The van der Waals surface area contributed by atoms with E-state index in [9.17, 15) is 9.59 Å². The minimum atomic E-state index is -0.114. The van der Waals surface area contributed by atoms with Crippen LogP contribution in [0.4, 0.5) is 0 Å². The molecular weight excluding hydrogens is 532 g/mol. The van der Waals surface area contributed by atoms with E-state index in [1.54, 1.807) is 18.2 Å². The largest absolute Gasteiger partial charge is 0.493 e. The number of hydrogen-bond donors (Lipinski definition) is 2. The third-order valence-corrected chi connectivity index (χ3v) is 8.38. The van der Waals surface area contributed by atoms with Crippen molar-refractivity contribution < 1.29 is 14.3 Å². The average molecular weight is 601 g/mol. The van der Waals surface area contributed by atoms with Gasteiger partial charge in [0, 0.05) is 18.7 Å². The third kappa shape index (κ3) is 21.3. The highest BCUT2D eigenvalue weighted by atomic mass is 16.5. The molecule has 0 heterocycles. The number of hydrogen-bond acceptors (Lipinski definition) is 3. The summed E-state index contributed by atoms with van der Waals surface area (Å²) in [6.45, 7) is 8.64. The first-order valence-electron chi connectivity index (χ1n) is 18.5. The number of amides is 2. The van der Waals surface area contributed by atoms with E-state index in [4.69, 9.17) is 4.74 Å². The second kappa shape index (κ2) is 28.7. The lowest BCUT2D eigenvalue weighted by Crippen LogP contribution is -2.26. The maximum Gasteiger partial charge on any atom is 0.255 e. The SMILES string of the molecule is CCCCCCCCCCCCCCOc1cc(C(=O)NCCCCCCCC)ccc1C(=O)NCCCCCCCC. The highest BCUT2D eigenvalue weighted by molar-refractivity contribution is 6.00. The quantitative estimate of drug-likeness (QED) is 0.0863. The maximum atomic E-state index is 13.0. The fourth-order valence-electron chi connectivity index (χ4n) is 5.51. The summed E-state index contributed by atoms with van der Waals surface area (Å²) >= 11 is 0. The van der Waals surface area contributed by atoms with E-state index in [1.165, 1.54) is 116 Å². The molecule has 5 nitrogen and oxygen atoms in total. The van der Waals surface area contributed by atoms with Crippen LogP contribution in [0.2, 0.25) is 0 Å². The molecule has 0 aliphatic heterocycles. The molecule has 0 aromatic heterocycles. The summed E-state index contributed by atoms with van der Waals surface area (Å²) in [6.07, 6.45) is 29.8. The van der Waals surface area contributed by atoms with Crippen LogP contribution in [0.15, 0.2) is 18.2 Å². The molecule has 0 atom stereocenters. The molecule has 0 unspecified atom stereocenters. The van der Waals surface area contributed by atoms with Gasteiger partial charge in [0.05, 0.1) is 12.2 Å². The highest BCUT2D eigenvalue weighted by Gasteiger charge is 2.16. The fraction of sp³-hybridized carbons (Fsp3) is 0.789.